The van der Waals surface area contributed by atoms with Crippen LogP contribution in [0.25, 0.3) is 10.8 Å². The zero-order valence-electron chi connectivity index (χ0n) is 13.9. The van der Waals surface area contributed by atoms with Gasteiger partial charge in [0.05, 0.1) is 11.2 Å². The summed E-state index contributed by atoms with van der Waals surface area (Å²) in [5.74, 6) is -0.168. The number of hydrogen-bond acceptors (Lipinski definition) is 2. The summed E-state index contributed by atoms with van der Waals surface area (Å²) in [5.41, 5.74) is 0.828. The van der Waals surface area contributed by atoms with Crippen molar-refractivity contribution in [2.75, 3.05) is 0 Å². The third kappa shape index (κ3) is 2.25. The lowest BCUT2D eigenvalue weighted by atomic mass is 9.74. The van der Waals surface area contributed by atoms with Crippen LogP contribution in [0.1, 0.15) is 40.2 Å². The summed E-state index contributed by atoms with van der Waals surface area (Å²) in [4.78, 5) is 0. The third-order valence-electron chi connectivity index (χ3n) is 4.99. The van der Waals surface area contributed by atoms with Crippen molar-refractivity contribution in [2.24, 2.45) is 0 Å². The zero-order chi connectivity index (χ0) is 16.1. The molecular formula is C18H22BFO2. The van der Waals surface area contributed by atoms with Crippen LogP contribution < -0.4 is 5.46 Å². The predicted octanol–water partition coefficient (Wildman–Crippen LogP) is 3.84. The highest BCUT2D eigenvalue weighted by molar-refractivity contribution is 6.65. The average molecular weight is 300 g/mol. The van der Waals surface area contributed by atoms with Crippen molar-refractivity contribution in [3.63, 3.8) is 0 Å². The number of hydrogen-bond donors (Lipinski definition) is 0. The molecule has 1 saturated heterocycles. The first-order valence-corrected chi connectivity index (χ1v) is 7.82. The SMILES string of the molecule is CCc1c(F)ccc2cccc(B3OC(C)(C)C(C)(C)O3)c12. The van der Waals surface area contributed by atoms with E-state index in [1.165, 1.54) is 6.07 Å². The largest absolute Gasteiger partial charge is 0.495 e. The van der Waals surface area contributed by atoms with Gasteiger partial charge in [0.2, 0.25) is 0 Å². The first kappa shape index (κ1) is 15.5. The molecule has 116 valence electrons. The molecule has 4 heteroatoms. The topological polar surface area (TPSA) is 18.5 Å². The lowest BCUT2D eigenvalue weighted by Crippen LogP contribution is -2.41. The van der Waals surface area contributed by atoms with Crippen LogP contribution in [-0.4, -0.2) is 18.3 Å². The quantitative estimate of drug-likeness (QED) is 0.785. The number of rotatable bonds is 2. The average Bonchev–Trinajstić information content (AvgIpc) is 2.66. The zero-order valence-corrected chi connectivity index (χ0v) is 13.9. The van der Waals surface area contributed by atoms with Crippen LogP contribution >= 0.6 is 0 Å². The molecule has 0 aliphatic carbocycles. The molecule has 1 aliphatic rings. The normalized spacial score (nSPS) is 19.8. The Hall–Kier alpha value is -1.39. The van der Waals surface area contributed by atoms with Crippen molar-refractivity contribution >= 4 is 23.4 Å². The Morgan fingerprint density at radius 3 is 2.23 bits per heavy atom. The summed E-state index contributed by atoms with van der Waals surface area (Å²) in [5, 5.41) is 1.94. The van der Waals surface area contributed by atoms with Gasteiger partial charge >= 0.3 is 7.12 Å². The highest BCUT2D eigenvalue weighted by Gasteiger charge is 2.52. The Morgan fingerprint density at radius 2 is 1.64 bits per heavy atom. The van der Waals surface area contributed by atoms with Crippen molar-refractivity contribution in [1.82, 2.24) is 0 Å². The van der Waals surface area contributed by atoms with Gasteiger partial charge in [-0.1, -0.05) is 31.2 Å². The fourth-order valence-corrected chi connectivity index (χ4v) is 2.97. The van der Waals surface area contributed by atoms with E-state index in [2.05, 4.69) is 0 Å². The smallest absolute Gasteiger partial charge is 0.399 e. The molecule has 0 aromatic heterocycles. The lowest BCUT2D eigenvalue weighted by Gasteiger charge is -2.32. The van der Waals surface area contributed by atoms with Gasteiger partial charge in [0.1, 0.15) is 5.82 Å². The predicted molar refractivity (Wildman–Crippen MR) is 89.0 cm³/mol. The van der Waals surface area contributed by atoms with E-state index in [9.17, 15) is 4.39 Å². The molecule has 22 heavy (non-hydrogen) atoms. The van der Waals surface area contributed by atoms with E-state index in [-0.39, 0.29) is 5.82 Å². The van der Waals surface area contributed by atoms with Crippen LogP contribution in [0.15, 0.2) is 30.3 Å². The maximum absolute atomic E-state index is 14.2. The highest BCUT2D eigenvalue weighted by Crippen LogP contribution is 2.37. The highest BCUT2D eigenvalue weighted by atomic mass is 19.1. The van der Waals surface area contributed by atoms with Gasteiger partial charge in [-0.05, 0) is 62.0 Å². The van der Waals surface area contributed by atoms with Crippen LogP contribution in [0.4, 0.5) is 4.39 Å². The fourth-order valence-electron chi connectivity index (χ4n) is 2.97. The van der Waals surface area contributed by atoms with E-state index in [4.69, 9.17) is 9.31 Å². The van der Waals surface area contributed by atoms with Crippen LogP contribution in [0.2, 0.25) is 0 Å². The van der Waals surface area contributed by atoms with Crippen LogP contribution in [0.5, 0.6) is 0 Å². The second kappa shape index (κ2) is 5.07. The minimum atomic E-state index is -0.471. The summed E-state index contributed by atoms with van der Waals surface area (Å²) in [6, 6.07) is 9.31. The van der Waals surface area contributed by atoms with Gasteiger partial charge in [-0.3, -0.25) is 0 Å². The first-order chi connectivity index (χ1) is 10.3. The molecule has 1 heterocycles. The molecule has 0 N–H and O–H groups in total. The van der Waals surface area contributed by atoms with Gasteiger partial charge in [0, 0.05) is 0 Å². The Kier molecular flexibility index (Phi) is 3.57. The van der Waals surface area contributed by atoms with Crippen LogP contribution in [0, 0.1) is 5.82 Å². The van der Waals surface area contributed by atoms with E-state index >= 15 is 0 Å². The summed E-state index contributed by atoms with van der Waals surface area (Å²) in [7, 11) is -0.471. The molecule has 0 atom stereocenters. The molecule has 0 unspecified atom stereocenters. The third-order valence-corrected chi connectivity index (χ3v) is 4.99. The van der Waals surface area contributed by atoms with Crippen molar-refractivity contribution < 1.29 is 13.7 Å². The molecule has 0 saturated carbocycles. The van der Waals surface area contributed by atoms with Crippen LogP contribution in [0.3, 0.4) is 0 Å². The van der Waals surface area contributed by atoms with E-state index in [1.54, 1.807) is 0 Å². The summed E-state index contributed by atoms with van der Waals surface area (Å²) >= 11 is 0. The maximum Gasteiger partial charge on any atom is 0.495 e. The first-order valence-electron chi connectivity index (χ1n) is 7.82. The summed E-state index contributed by atoms with van der Waals surface area (Å²) in [6.45, 7) is 10.1. The molecule has 1 aliphatic heterocycles. The molecule has 0 spiro atoms. The van der Waals surface area contributed by atoms with Gasteiger partial charge < -0.3 is 9.31 Å². The van der Waals surface area contributed by atoms with E-state index in [0.717, 1.165) is 21.8 Å². The Morgan fingerprint density at radius 1 is 1.00 bits per heavy atom. The van der Waals surface area contributed by atoms with Crippen molar-refractivity contribution in [3.8, 4) is 0 Å². The monoisotopic (exact) mass is 300 g/mol. The second-order valence-corrected chi connectivity index (χ2v) is 6.91. The molecule has 3 rings (SSSR count). The van der Waals surface area contributed by atoms with Crippen LogP contribution in [-0.2, 0) is 15.7 Å². The number of halogens is 1. The number of aryl methyl sites for hydroxylation is 1. The van der Waals surface area contributed by atoms with Gasteiger partial charge in [0.25, 0.3) is 0 Å². The van der Waals surface area contributed by atoms with Gasteiger partial charge in [0.15, 0.2) is 0 Å². The van der Waals surface area contributed by atoms with Crippen molar-refractivity contribution in [1.29, 1.82) is 0 Å². The minimum Gasteiger partial charge on any atom is -0.399 e. The van der Waals surface area contributed by atoms with E-state index in [0.29, 0.717) is 6.42 Å². The molecule has 0 amide bonds. The summed E-state index contributed by atoms with van der Waals surface area (Å²) in [6.07, 6.45) is 0.639. The Balaban J connectivity index is 2.19. The standard InChI is InChI=1S/C18H22BFO2/c1-6-13-15(20)11-10-12-8-7-9-14(16(12)13)19-21-17(2,3)18(4,5)22-19/h7-11H,6H2,1-5H3. The minimum absolute atomic E-state index is 0.168. The maximum atomic E-state index is 14.2. The Bertz CT molecular complexity index is 708. The molecule has 2 aromatic rings. The number of fused-ring (bicyclic) bond motifs is 1. The van der Waals surface area contributed by atoms with E-state index in [1.807, 2.05) is 58.9 Å². The number of benzene rings is 2. The molecule has 0 bridgehead atoms. The van der Waals surface area contributed by atoms with Gasteiger partial charge in [-0.25, -0.2) is 4.39 Å². The molecule has 2 aromatic carbocycles. The molecule has 0 radical (unpaired) electrons. The van der Waals surface area contributed by atoms with Gasteiger partial charge in [-0.2, -0.15) is 0 Å². The lowest BCUT2D eigenvalue weighted by molar-refractivity contribution is 0.00578. The fraction of sp³-hybridized carbons (Fsp3) is 0.444. The Labute approximate surface area is 131 Å². The molecular weight excluding hydrogens is 278 g/mol. The summed E-state index contributed by atoms with van der Waals surface area (Å²) < 4.78 is 26.5. The second-order valence-electron chi connectivity index (χ2n) is 6.91. The molecule has 1 fully saturated rings. The van der Waals surface area contributed by atoms with Crippen molar-refractivity contribution in [3.05, 3.63) is 41.7 Å². The molecule has 2 nitrogen and oxygen atoms in total. The van der Waals surface area contributed by atoms with E-state index < -0.39 is 18.3 Å². The van der Waals surface area contributed by atoms with Gasteiger partial charge in [-0.15, -0.1) is 0 Å². The van der Waals surface area contributed by atoms with Crippen molar-refractivity contribution in [2.45, 2.75) is 52.2 Å².